The van der Waals surface area contributed by atoms with Crippen LogP contribution in [0.4, 0.5) is 0 Å². The van der Waals surface area contributed by atoms with Crippen molar-refractivity contribution in [2.75, 3.05) is 0 Å². The number of hydrogen-bond acceptors (Lipinski definition) is 4. The molecule has 0 saturated heterocycles. The third-order valence-corrected chi connectivity index (χ3v) is 12.9. The molecule has 1 radical (unpaired) electrons. The second-order valence-corrected chi connectivity index (χ2v) is 23.8. The molecule has 0 amide bonds. The Morgan fingerprint density at radius 2 is 1.48 bits per heavy atom. The number of hydrogen-bond donors (Lipinski definition) is 0. The minimum atomic E-state index is -1.71. The van der Waals surface area contributed by atoms with Crippen molar-refractivity contribution in [2.24, 2.45) is 5.92 Å². The van der Waals surface area contributed by atoms with E-state index in [1.54, 1.807) is 0 Å². The molecule has 0 spiro atoms. The molecule has 0 atom stereocenters. The Kier molecular flexibility index (Phi) is 12.4. The summed E-state index contributed by atoms with van der Waals surface area (Å²) >= 11 is 0. The van der Waals surface area contributed by atoms with Gasteiger partial charge in [0.2, 0.25) is 5.71 Å². The van der Waals surface area contributed by atoms with Crippen molar-refractivity contribution in [2.45, 2.75) is 113 Å². The Labute approximate surface area is 375 Å². The summed E-state index contributed by atoms with van der Waals surface area (Å²) in [5.74, 6) is 1.45. The predicted molar refractivity (Wildman–Crippen MR) is 252 cm³/mol. The molecule has 4 aromatic heterocycles. The molecule has 0 saturated carbocycles. The zero-order valence-corrected chi connectivity index (χ0v) is 40.9. The van der Waals surface area contributed by atoms with Gasteiger partial charge in [0, 0.05) is 45.8 Å². The molecule has 4 heterocycles. The topological polar surface area (TPSA) is 56.7 Å². The standard InChI is InChI=1S/C31H28N3O.C22H32NSi.Ir/c1-18(2)21-10-8-11-22(19(3)4)28(21)34-27-15-7-6-14-26(27)33-30(34)25-13-9-12-23-24-17-16-20(5)32-31(24)35-29(23)25;1-16(2)12-18-14-20(23-15-21(18)24(6,7)8)17-10-9-11-19(13-17)22(3,4)5;/h6-12,14-19H,1-5H3;9,11,13-16H,12H2,1-8H3;/q2*-1;/i;12D2;. The minimum absolute atomic E-state index is 0. The number of pyridine rings is 2. The van der Waals surface area contributed by atoms with Crippen LogP contribution in [0, 0.1) is 25.0 Å². The molecule has 0 aliphatic heterocycles. The molecule has 60 heavy (non-hydrogen) atoms. The molecule has 8 aromatic rings. The summed E-state index contributed by atoms with van der Waals surface area (Å²) < 4.78 is 26.1. The van der Waals surface area contributed by atoms with Crippen LogP contribution in [0.15, 0.2) is 102 Å². The van der Waals surface area contributed by atoms with Gasteiger partial charge in [-0.15, -0.1) is 53.6 Å². The number of aryl methyl sites for hydroxylation is 1. The molecular weight excluding hydrogens is 929 g/mol. The number of fused-ring (bicyclic) bond motifs is 4. The summed E-state index contributed by atoms with van der Waals surface area (Å²) in [5.41, 5.74) is 12.8. The summed E-state index contributed by atoms with van der Waals surface area (Å²) in [5, 5.41) is 3.14. The third kappa shape index (κ3) is 9.15. The second-order valence-electron chi connectivity index (χ2n) is 18.8. The molecular formula is C53H60IrN4OSi-2. The van der Waals surface area contributed by atoms with Gasteiger partial charge in [0.25, 0.3) is 0 Å². The van der Waals surface area contributed by atoms with E-state index in [4.69, 9.17) is 17.1 Å². The largest absolute Gasteiger partial charge is 0.486 e. The third-order valence-electron chi connectivity index (χ3n) is 10.9. The first-order valence-electron chi connectivity index (χ1n) is 22.0. The summed E-state index contributed by atoms with van der Waals surface area (Å²) in [6, 6.07) is 38.0. The van der Waals surface area contributed by atoms with Crippen LogP contribution in [0.5, 0.6) is 0 Å². The maximum Gasteiger partial charge on any atom is 0.216 e. The van der Waals surface area contributed by atoms with Crippen LogP contribution in [-0.4, -0.2) is 27.6 Å². The van der Waals surface area contributed by atoms with E-state index in [0.717, 1.165) is 66.5 Å². The van der Waals surface area contributed by atoms with Crippen LogP contribution in [0.3, 0.4) is 0 Å². The number of aromatic nitrogens is 4. The molecule has 0 aliphatic carbocycles. The van der Waals surface area contributed by atoms with Gasteiger partial charge in [0.15, 0.2) is 0 Å². The molecule has 313 valence electrons. The Hall–Kier alpha value is -4.68. The maximum atomic E-state index is 8.69. The van der Waals surface area contributed by atoms with Crippen molar-refractivity contribution in [1.82, 2.24) is 19.5 Å². The van der Waals surface area contributed by atoms with Gasteiger partial charge >= 0.3 is 0 Å². The number of para-hydroxylation sites is 3. The average molecular weight is 991 g/mol. The predicted octanol–water partition coefficient (Wildman–Crippen LogP) is 13.9. The van der Waals surface area contributed by atoms with E-state index < -0.39 is 14.4 Å². The van der Waals surface area contributed by atoms with Crippen LogP contribution in [0.2, 0.25) is 19.6 Å². The van der Waals surface area contributed by atoms with Crippen molar-refractivity contribution in [1.29, 1.82) is 0 Å². The summed E-state index contributed by atoms with van der Waals surface area (Å²) in [6.07, 6.45) is 0.531. The molecule has 0 unspecified atom stereocenters. The van der Waals surface area contributed by atoms with E-state index in [2.05, 4.69) is 150 Å². The van der Waals surface area contributed by atoms with Gasteiger partial charge in [0.05, 0.1) is 30.5 Å². The molecule has 5 nitrogen and oxygen atoms in total. The first kappa shape index (κ1) is 42.0. The number of nitrogens with zero attached hydrogens (tertiary/aromatic N) is 4. The number of imidazole rings is 1. The fourth-order valence-electron chi connectivity index (χ4n) is 7.78. The molecule has 0 aliphatic rings. The van der Waals surface area contributed by atoms with Crippen molar-refractivity contribution in [3.05, 3.63) is 137 Å². The Morgan fingerprint density at radius 1 is 0.800 bits per heavy atom. The SMILES string of the molecule is Cc1ccc2c(n1)oc1c(-c3nc4ccccc4n3-c3c(C(C)C)cccc3C(C)C)[c-]ccc12.[2H]C([2H])(c1cc(-c2[c-]ccc(C(C)(C)C)c2)ncc1[Si](C)(C)C)C(C)C.[Ir]. The Bertz CT molecular complexity index is 2850. The van der Waals surface area contributed by atoms with Crippen LogP contribution in [0.25, 0.3) is 61.4 Å². The smallest absolute Gasteiger partial charge is 0.216 e. The fraction of sp³-hybridized carbons (Fsp3) is 0.340. The van der Waals surface area contributed by atoms with Crippen LogP contribution in [-0.2, 0) is 31.9 Å². The van der Waals surface area contributed by atoms with Crippen molar-refractivity contribution in [3.8, 4) is 28.3 Å². The Balaban J connectivity index is 0.000000214. The van der Waals surface area contributed by atoms with Crippen LogP contribution < -0.4 is 5.19 Å². The number of benzene rings is 4. The van der Waals surface area contributed by atoms with Gasteiger partial charge in [-0.3, -0.25) is 4.98 Å². The first-order chi connectivity index (χ1) is 28.7. The van der Waals surface area contributed by atoms with E-state index in [-0.39, 0.29) is 31.4 Å². The number of furan rings is 1. The summed E-state index contributed by atoms with van der Waals surface area (Å²) in [4.78, 5) is 14.5. The molecule has 4 aromatic carbocycles. The van der Waals surface area contributed by atoms with Gasteiger partial charge in [-0.25, -0.2) is 4.98 Å². The molecule has 0 N–H and O–H groups in total. The van der Waals surface area contributed by atoms with E-state index in [0.29, 0.717) is 17.5 Å². The van der Waals surface area contributed by atoms with Gasteiger partial charge in [-0.1, -0.05) is 135 Å². The van der Waals surface area contributed by atoms with E-state index in [9.17, 15) is 0 Å². The van der Waals surface area contributed by atoms with Crippen molar-refractivity contribution < 1.29 is 27.3 Å². The molecule has 7 heteroatoms. The average Bonchev–Trinajstić information content (AvgIpc) is 3.78. The van der Waals surface area contributed by atoms with Crippen molar-refractivity contribution >= 4 is 46.4 Å². The molecule has 8 rings (SSSR count). The van der Waals surface area contributed by atoms with Gasteiger partial charge < -0.3 is 14.0 Å². The zero-order chi connectivity index (χ0) is 44.2. The van der Waals surface area contributed by atoms with Gasteiger partial charge in [-0.05, 0) is 82.7 Å². The normalized spacial score (nSPS) is 12.9. The fourth-order valence-corrected chi connectivity index (χ4v) is 9.19. The number of rotatable bonds is 8. The van der Waals surface area contributed by atoms with E-state index in [1.165, 1.54) is 22.4 Å². The first-order valence-corrected chi connectivity index (χ1v) is 24.5. The van der Waals surface area contributed by atoms with Gasteiger partial charge in [-0.2, -0.15) is 0 Å². The quantitative estimate of drug-likeness (QED) is 0.112. The van der Waals surface area contributed by atoms with Crippen LogP contribution in [0.1, 0.15) is 105 Å². The molecule has 0 fully saturated rings. The van der Waals surface area contributed by atoms with Gasteiger partial charge in [0.1, 0.15) is 0 Å². The Morgan fingerprint density at radius 3 is 2.13 bits per heavy atom. The summed E-state index contributed by atoms with van der Waals surface area (Å²) in [6.45, 7) is 28.2. The minimum Gasteiger partial charge on any atom is -0.486 e. The summed E-state index contributed by atoms with van der Waals surface area (Å²) in [7, 11) is -1.71. The second kappa shape index (κ2) is 17.7. The van der Waals surface area contributed by atoms with Crippen LogP contribution >= 0.6 is 0 Å². The monoisotopic (exact) mass is 991 g/mol. The van der Waals surface area contributed by atoms with Crippen molar-refractivity contribution in [3.63, 3.8) is 0 Å². The van der Waals surface area contributed by atoms with E-state index >= 15 is 0 Å². The molecule has 0 bridgehead atoms. The maximum absolute atomic E-state index is 8.69. The van der Waals surface area contributed by atoms with E-state index in [1.807, 2.05) is 57.3 Å². The zero-order valence-electron chi connectivity index (χ0n) is 39.5.